The van der Waals surface area contributed by atoms with E-state index in [4.69, 9.17) is 0 Å². The van der Waals surface area contributed by atoms with E-state index in [9.17, 15) is 4.48 Å². The van der Waals surface area contributed by atoms with Crippen molar-refractivity contribution in [2.45, 2.75) is 0 Å². The minimum Gasteiger partial charge on any atom is -0.179 e. The van der Waals surface area contributed by atoms with Gasteiger partial charge < -0.3 is 0 Å². The third-order valence-corrected chi connectivity index (χ3v) is 2.43. The van der Waals surface area contributed by atoms with Crippen LogP contribution in [0.4, 0.5) is 4.48 Å². The number of hydrogen-bond donors (Lipinski definition) is 0. The number of halogens is 1. The van der Waals surface area contributed by atoms with Gasteiger partial charge in [-0.1, -0.05) is 73.3 Å². The van der Waals surface area contributed by atoms with Gasteiger partial charge in [-0.3, -0.25) is 0 Å². The Morgan fingerprint density at radius 3 is 2.22 bits per heavy atom. The lowest BCUT2D eigenvalue weighted by atomic mass is 10.1. The van der Waals surface area contributed by atoms with Crippen molar-refractivity contribution >= 4 is 24.8 Å². The van der Waals surface area contributed by atoms with E-state index in [0.717, 1.165) is 5.56 Å². The summed E-state index contributed by atoms with van der Waals surface area (Å²) in [5.41, 5.74) is 1.11. The van der Waals surface area contributed by atoms with Gasteiger partial charge in [0.25, 0.3) is 0 Å². The van der Waals surface area contributed by atoms with Gasteiger partial charge in [0, 0.05) is 10.8 Å². The molecule has 0 N–H and O–H groups in total. The molecule has 18 heavy (non-hydrogen) atoms. The maximum absolute atomic E-state index is 13.9. The summed E-state index contributed by atoms with van der Waals surface area (Å²) in [6.07, 6.45) is 13.6. The normalized spacial score (nSPS) is 12.4. The molecule has 92 valence electrons. The molecule has 0 aliphatic carbocycles. The molecule has 0 aliphatic heterocycles. The third-order valence-electron chi connectivity index (χ3n) is 2.43. The van der Waals surface area contributed by atoms with Gasteiger partial charge >= 0.3 is 0 Å². The Morgan fingerprint density at radius 2 is 1.67 bits per heavy atom. The van der Waals surface area contributed by atoms with Crippen LogP contribution in [0.15, 0.2) is 50.1 Å². The van der Waals surface area contributed by atoms with Crippen LogP contribution in [0.1, 0.15) is 11.3 Å². The summed E-state index contributed by atoms with van der Waals surface area (Å²) in [6, 6.07) is 0. The van der Waals surface area contributed by atoms with Crippen LogP contribution >= 0.6 is 0 Å². The van der Waals surface area contributed by atoms with E-state index in [2.05, 4.69) is 26.3 Å². The first-order valence-corrected chi connectivity index (χ1v) is 5.48. The molecule has 0 aromatic carbocycles. The lowest BCUT2D eigenvalue weighted by Gasteiger charge is -1.93. The van der Waals surface area contributed by atoms with Gasteiger partial charge in [-0.25, -0.2) is 0 Å². The number of aromatic nitrogens is 1. The Morgan fingerprint density at radius 1 is 1.00 bits per heavy atom. The van der Waals surface area contributed by atoms with Crippen molar-refractivity contribution in [2.75, 3.05) is 0 Å². The van der Waals surface area contributed by atoms with Gasteiger partial charge in [0.1, 0.15) is 0 Å². The summed E-state index contributed by atoms with van der Waals surface area (Å²) in [5.74, 6) is 0. The van der Waals surface area contributed by atoms with Crippen molar-refractivity contribution in [3.05, 3.63) is 71.9 Å². The zero-order valence-corrected chi connectivity index (χ0v) is 10.3. The quantitative estimate of drug-likeness (QED) is 0.698. The van der Waals surface area contributed by atoms with Crippen LogP contribution < -0.4 is 10.6 Å². The van der Waals surface area contributed by atoms with Crippen molar-refractivity contribution in [2.24, 2.45) is 0 Å². The Hall–Kier alpha value is -2.35. The number of hydrogen-bond acceptors (Lipinski definition) is 0. The SMILES string of the molecule is C=C/C=C\C=c1\c(/C=C\C=C)c(C=C)n(F)c1=C. The lowest BCUT2D eigenvalue weighted by Crippen LogP contribution is -2.25. The number of nitrogens with zero attached hydrogens (tertiary/aromatic N) is 1. The van der Waals surface area contributed by atoms with Crippen molar-refractivity contribution in [3.63, 3.8) is 0 Å². The summed E-state index contributed by atoms with van der Waals surface area (Å²) in [7, 11) is 0. The molecule has 0 unspecified atom stereocenters. The molecule has 0 aliphatic rings. The Balaban J connectivity index is 3.62. The first-order chi connectivity index (χ1) is 8.67. The summed E-state index contributed by atoms with van der Waals surface area (Å²) < 4.78 is 13.9. The highest BCUT2D eigenvalue weighted by atomic mass is 19.2. The van der Waals surface area contributed by atoms with Crippen molar-refractivity contribution in [1.29, 1.82) is 0 Å². The van der Waals surface area contributed by atoms with Crippen LogP contribution in [0.3, 0.4) is 0 Å². The zero-order valence-electron chi connectivity index (χ0n) is 10.3. The van der Waals surface area contributed by atoms with Gasteiger partial charge in [-0.2, -0.15) is 4.79 Å². The van der Waals surface area contributed by atoms with E-state index in [1.165, 1.54) is 6.08 Å². The average molecular weight is 241 g/mol. The molecule has 0 saturated carbocycles. The Kier molecular flexibility index (Phi) is 4.88. The fourth-order valence-electron chi connectivity index (χ4n) is 1.60. The maximum atomic E-state index is 13.9. The molecular formula is C16H16FN. The maximum Gasteiger partial charge on any atom is 0.0820 e. The van der Waals surface area contributed by atoms with Gasteiger partial charge in [0.05, 0.1) is 11.0 Å². The smallest absolute Gasteiger partial charge is 0.0820 e. The van der Waals surface area contributed by atoms with E-state index in [0.29, 0.717) is 21.1 Å². The molecule has 0 atom stereocenters. The van der Waals surface area contributed by atoms with E-state index in [1.54, 1.807) is 42.5 Å². The predicted octanol–water partition coefficient (Wildman–Crippen LogP) is 3.00. The molecule has 1 heterocycles. The largest absolute Gasteiger partial charge is 0.179 e. The second-order valence-electron chi connectivity index (χ2n) is 3.53. The molecule has 0 spiro atoms. The van der Waals surface area contributed by atoms with Crippen molar-refractivity contribution < 1.29 is 4.48 Å². The molecule has 0 saturated heterocycles. The second-order valence-corrected chi connectivity index (χ2v) is 3.53. The van der Waals surface area contributed by atoms with Crippen LogP contribution in [0, 0.1) is 0 Å². The van der Waals surface area contributed by atoms with Crippen molar-refractivity contribution in [1.82, 2.24) is 4.79 Å². The summed E-state index contributed by atoms with van der Waals surface area (Å²) in [4.78, 5) is 0.531. The molecule has 1 nitrogen and oxygen atoms in total. The van der Waals surface area contributed by atoms with E-state index in [1.807, 2.05) is 0 Å². The zero-order chi connectivity index (χ0) is 13.5. The van der Waals surface area contributed by atoms with Gasteiger partial charge in [0.2, 0.25) is 0 Å². The van der Waals surface area contributed by atoms with Gasteiger partial charge in [0.15, 0.2) is 0 Å². The Labute approximate surface area is 107 Å². The minimum absolute atomic E-state index is 0.294. The summed E-state index contributed by atoms with van der Waals surface area (Å²) in [6.45, 7) is 14.5. The molecule has 0 amide bonds. The first-order valence-electron chi connectivity index (χ1n) is 5.48. The standard InChI is InChI=1S/C16H16FN/c1-5-8-10-12-14-13(4)18(17)16(7-3)15(14)11-9-6-2/h5-12H,1-4H2/b10-8-,11-9-,14-12+. The van der Waals surface area contributed by atoms with Gasteiger partial charge in [-0.15, -0.1) is 0 Å². The van der Waals surface area contributed by atoms with Crippen LogP contribution in [0.25, 0.3) is 24.8 Å². The second kappa shape index (κ2) is 6.40. The lowest BCUT2D eigenvalue weighted by molar-refractivity contribution is 0.356. The predicted molar refractivity (Wildman–Crippen MR) is 78.8 cm³/mol. The highest BCUT2D eigenvalue weighted by Gasteiger charge is 2.08. The van der Waals surface area contributed by atoms with Crippen LogP contribution in [0.5, 0.6) is 0 Å². The molecule has 1 aromatic heterocycles. The average Bonchev–Trinajstić information content (AvgIpc) is 2.60. The van der Waals surface area contributed by atoms with Crippen molar-refractivity contribution in [3.8, 4) is 0 Å². The fraction of sp³-hybridized carbons (Fsp3) is 0. The molecule has 1 rings (SSSR count). The highest BCUT2D eigenvalue weighted by Crippen LogP contribution is 2.07. The van der Waals surface area contributed by atoms with Crippen LogP contribution in [-0.2, 0) is 0 Å². The van der Waals surface area contributed by atoms with E-state index >= 15 is 0 Å². The van der Waals surface area contributed by atoms with E-state index in [-0.39, 0.29) is 0 Å². The van der Waals surface area contributed by atoms with Crippen LogP contribution in [0.2, 0.25) is 0 Å². The highest BCUT2D eigenvalue weighted by molar-refractivity contribution is 5.66. The molecule has 2 heteroatoms. The fourth-order valence-corrected chi connectivity index (χ4v) is 1.60. The van der Waals surface area contributed by atoms with E-state index < -0.39 is 0 Å². The molecular weight excluding hydrogens is 225 g/mol. The van der Waals surface area contributed by atoms with Gasteiger partial charge in [-0.05, 0) is 6.08 Å². The topological polar surface area (TPSA) is 4.93 Å². The molecule has 0 fully saturated rings. The summed E-state index contributed by atoms with van der Waals surface area (Å²) >= 11 is 0. The first kappa shape index (κ1) is 13.7. The Bertz CT molecular complexity index is 627. The molecule has 0 bridgehead atoms. The minimum atomic E-state index is 0.294. The third kappa shape index (κ3) is 2.66. The molecule has 1 aromatic rings. The summed E-state index contributed by atoms with van der Waals surface area (Å²) in [5, 5.41) is 1.01. The number of allylic oxidation sites excluding steroid dienone is 5. The number of rotatable bonds is 5. The van der Waals surface area contributed by atoms with Crippen LogP contribution in [-0.4, -0.2) is 4.79 Å². The molecule has 0 radical (unpaired) electrons. The monoisotopic (exact) mass is 241 g/mol.